The number of pyridine rings is 1. The molecule has 0 unspecified atom stereocenters. The first-order valence-corrected chi connectivity index (χ1v) is 9.08. The molecule has 3 aliphatic heterocycles. The van der Waals surface area contributed by atoms with Crippen molar-refractivity contribution in [3.05, 3.63) is 30.1 Å². The lowest BCUT2D eigenvalue weighted by molar-refractivity contribution is -0.0488. The van der Waals surface area contributed by atoms with Crippen LogP contribution in [0, 0.1) is 0 Å². The second-order valence-electron chi connectivity index (χ2n) is 7.12. The smallest absolute Gasteiger partial charge is 0.0870 e. The average Bonchev–Trinajstić information content (AvgIpc) is 3.23. The standard InChI is InChI=1S/C18H28N4O/c1-2-7-20(6-1)8-9-22-10-11-23-18-15-21(14-17(18)22)13-16-4-3-5-19-12-16/h3-5,12,17-18H,1-2,6-11,13-15H2/t17-,18+/m1/s1. The van der Waals surface area contributed by atoms with Crippen molar-refractivity contribution >= 4 is 0 Å². The quantitative estimate of drug-likeness (QED) is 0.811. The van der Waals surface area contributed by atoms with Crippen LogP contribution in [0.4, 0.5) is 0 Å². The van der Waals surface area contributed by atoms with E-state index in [4.69, 9.17) is 4.74 Å². The van der Waals surface area contributed by atoms with E-state index in [0.717, 1.165) is 32.8 Å². The number of fused-ring (bicyclic) bond motifs is 1. The number of morpholine rings is 1. The van der Waals surface area contributed by atoms with Gasteiger partial charge in [-0.3, -0.25) is 14.8 Å². The molecular formula is C18H28N4O. The van der Waals surface area contributed by atoms with E-state index in [1.807, 2.05) is 18.5 Å². The topological polar surface area (TPSA) is 31.8 Å². The lowest BCUT2D eigenvalue weighted by atomic mass is 10.1. The van der Waals surface area contributed by atoms with Crippen LogP contribution in [0.15, 0.2) is 24.5 Å². The Hall–Kier alpha value is -1.01. The van der Waals surface area contributed by atoms with Gasteiger partial charge in [-0.15, -0.1) is 0 Å². The van der Waals surface area contributed by atoms with Crippen molar-refractivity contribution in [2.45, 2.75) is 31.5 Å². The second kappa shape index (κ2) is 7.26. The summed E-state index contributed by atoms with van der Waals surface area (Å²) in [5.41, 5.74) is 1.30. The van der Waals surface area contributed by atoms with Crippen molar-refractivity contribution in [2.24, 2.45) is 0 Å². The van der Waals surface area contributed by atoms with Crippen molar-refractivity contribution in [3.8, 4) is 0 Å². The Kier molecular flexibility index (Phi) is 4.90. The number of rotatable bonds is 5. The van der Waals surface area contributed by atoms with E-state index in [0.29, 0.717) is 12.1 Å². The SMILES string of the molecule is c1cncc(CN2C[C@@H]3OCCN(CCN4CCCC4)[C@@H]3C2)c1. The number of likely N-dealkylation sites (tertiary alicyclic amines) is 2. The van der Waals surface area contributed by atoms with Crippen LogP contribution in [0.1, 0.15) is 18.4 Å². The Morgan fingerprint density at radius 1 is 1.09 bits per heavy atom. The molecule has 3 fully saturated rings. The van der Waals surface area contributed by atoms with Crippen LogP contribution in [0.3, 0.4) is 0 Å². The molecule has 3 saturated heterocycles. The number of hydrogen-bond acceptors (Lipinski definition) is 5. The third-order valence-electron chi connectivity index (χ3n) is 5.52. The van der Waals surface area contributed by atoms with Gasteiger partial charge in [0.2, 0.25) is 0 Å². The molecule has 0 aliphatic carbocycles. The molecule has 0 saturated carbocycles. The third-order valence-corrected chi connectivity index (χ3v) is 5.52. The molecule has 4 rings (SSSR count). The van der Waals surface area contributed by atoms with E-state index >= 15 is 0 Å². The number of ether oxygens (including phenoxy) is 1. The zero-order valence-corrected chi connectivity index (χ0v) is 13.9. The van der Waals surface area contributed by atoms with Gasteiger partial charge in [-0.05, 0) is 37.6 Å². The van der Waals surface area contributed by atoms with Gasteiger partial charge in [0.1, 0.15) is 0 Å². The summed E-state index contributed by atoms with van der Waals surface area (Å²) in [5.74, 6) is 0. The highest BCUT2D eigenvalue weighted by atomic mass is 16.5. The first kappa shape index (κ1) is 15.5. The summed E-state index contributed by atoms with van der Waals surface area (Å²) in [6.45, 7) is 10.2. The fourth-order valence-electron chi connectivity index (χ4n) is 4.27. The number of nitrogens with zero attached hydrogens (tertiary/aromatic N) is 4. The molecule has 23 heavy (non-hydrogen) atoms. The highest BCUT2D eigenvalue weighted by molar-refractivity contribution is 5.09. The summed E-state index contributed by atoms with van der Waals surface area (Å²) in [5, 5.41) is 0. The molecule has 5 nitrogen and oxygen atoms in total. The molecule has 126 valence electrons. The molecule has 0 amide bonds. The fourth-order valence-corrected chi connectivity index (χ4v) is 4.27. The Labute approximate surface area is 139 Å². The maximum absolute atomic E-state index is 6.06. The molecule has 0 radical (unpaired) electrons. The van der Waals surface area contributed by atoms with Gasteiger partial charge in [-0.2, -0.15) is 0 Å². The monoisotopic (exact) mass is 316 g/mol. The van der Waals surface area contributed by atoms with Crippen molar-refractivity contribution in [1.82, 2.24) is 19.7 Å². The Bertz CT molecular complexity index is 491. The van der Waals surface area contributed by atoms with Gasteiger partial charge in [-0.25, -0.2) is 0 Å². The van der Waals surface area contributed by atoms with Crippen molar-refractivity contribution in [3.63, 3.8) is 0 Å². The largest absolute Gasteiger partial charge is 0.374 e. The second-order valence-corrected chi connectivity index (χ2v) is 7.12. The molecule has 3 aliphatic rings. The lowest BCUT2D eigenvalue weighted by Gasteiger charge is -2.37. The van der Waals surface area contributed by atoms with Crippen LogP contribution >= 0.6 is 0 Å². The van der Waals surface area contributed by atoms with Gasteiger partial charge in [0.05, 0.1) is 12.7 Å². The van der Waals surface area contributed by atoms with Crippen LogP contribution < -0.4 is 0 Å². The minimum atomic E-state index is 0.388. The van der Waals surface area contributed by atoms with Crippen molar-refractivity contribution < 1.29 is 4.74 Å². The lowest BCUT2D eigenvalue weighted by Crippen LogP contribution is -2.52. The van der Waals surface area contributed by atoms with Gasteiger partial charge < -0.3 is 9.64 Å². The molecule has 5 heteroatoms. The number of aromatic nitrogens is 1. The summed E-state index contributed by atoms with van der Waals surface area (Å²) < 4.78 is 6.06. The fraction of sp³-hybridized carbons (Fsp3) is 0.722. The van der Waals surface area contributed by atoms with Crippen LogP contribution in [0.25, 0.3) is 0 Å². The molecule has 1 aromatic rings. The first-order valence-electron chi connectivity index (χ1n) is 9.08. The van der Waals surface area contributed by atoms with E-state index in [-0.39, 0.29) is 0 Å². The molecule has 1 aromatic heterocycles. The molecule has 4 heterocycles. The molecule has 0 spiro atoms. The Balaban J connectivity index is 1.32. The summed E-state index contributed by atoms with van der Waals surface area (Å²) >= 11 is 0. The van der Waals surface area contributed by atoms with E-state index in [1.165, 1.54) is 44.6 Å². The van der Waals surface area contributed by atoms with Gasteiger partial charge >= 0.3 is 0 Å². The van der Waals surface area contributed by atoms with E-state index in [1.54, 1.807) is 0 Å². The van der Waals surface area contributed by atoms with E-state index in [9.17, 15) is 0 Å². The highest BCUT2D eigenvalue weighted by Gasteiger charge is 2.39. The van der Waals surface area contributed by atoms with Gasteiger partial charge in [-0.1, -0.05) is 6.07 Å². The minimum Gasteiger partial charge on any atom is -0.374 e. The van der Waals surface area contributed by atoms with Crippen LogP contribution in [0.5, 0.6) is 0 Å². The predicted octanol–water partition coefficient (Wildman–Crippen LogP) is 1.06. The van der Waals surface area contributed by atoms with E-state index in [2.05, 4.69) is 25.8 Å². The molecule has 0 bridgehead atoms. The summed E-state index contributed by atoms with van der Waals surface area (Å²) in [4.78, 5) is 12.1. The molecule has 0 N–H and O–H groups in total. The first-order chi connectivity index (χ1) is 11.4. The van der Waals surface area contributed by atoms with Crippen LogP contribution in [0.2, 0.25) is 0 Å². The zero-order valence-electron chi connectivity index (χ0n) is 13.9. The number of hydrogen-bond donors (Lipinski definition) is 0. The van der Waals surface area contributed by atoms with E-state index < -0.39 is 0 Å². The van der Waals surface area contributed by atoms with Crippen molar-refractivity contribution in [1.29, 1.82) is 0 Å². The molecular weight excluding hydrogens is 288 g/mol. The summed E-state index contributed by atoms with van der Waals surface area (Å²) in [6.07, 6.45) is 6.98. The maximum atomic E-state index is 6.06. The summed E-state index contributed by atoms with van der Waals surface area (Å²) in [7, 11) is 0. The van der Waals surface area contributed by atoms with Crippen LogP contribution in [-0.4, -0.2) is 84.2 Å². The average molecular weight is 316 g/mol. The third kappa shape index (κ3) is 3.74. The Morgan fingerprint density at radius 3 is 2.83 bits per heavy atom. The normalized spacial score (nSPS) is 29.9. The van der Waals surface area contributed by atoms with Gasteiger partial charge in [0.25, 0.3) is 0 Å². The highest BCUT2D eigenvalue weighted by Crippen LogP contribution is 2.24. The Morgan fingerprint density at radius 2 is 2.00 bits per heavy atom. The zero-order chi connectivity index (χ0) is 15.5. The maximum Gasteiger partial charge on any atom is 0.0870 e. The van der Waals surface area contributed by atoms with Gasteiger partial charge in [0.15, 0.2) is 0 Å². The summed E-state index contributed by atoms with van der Waals surface area (Å²) in [6, 6.07) is 4.76. The predicted molar refractivity (Wildman–Crippen MR) is 90.3 cm³/mol. The van der Waals surface area contributed by atoms with Crippen LogP contribution in [-0.2, 0) is 11.3 Å². The minimum absolute atomic E-state index is 0.388. The molecule has 0 aromatic carbocycles. The van der Waals surface area contributed by atoms with Crippen molar-refractivity contribution in [2.75, 3.05) is 52.4 Å². The molecule has 2 atom stereocenters. The van der Waals surface area contributed by atoms with Gasteiger partial charge in [0, 0.05) is 57.7 Å².